The minimum Gasteiger partial charge on any atom is -0.457 e. The molecule has 0 radical (unpaired) electrons. The lowest BCUT2D eigenvalue weighted by Crippen LogP contribution is -2.05. The molecule has 4 nitrogen and oxygen atoms in total. The lowest BCUT2D eigenvalue weighted by molar-refractivity contribution is 0.483. The first-order chi connectivity index (χ1) is 11.8. The molecule has 116 valence electrons. The van der Waals surface area contributed by atoms with Crippen LogP contribution in [0.25, 0.3) is 22.0 Å². The summed E-state index contributed by atoms with van der Waals surface area (Å²) in [5.74, 6) is 1.57. The lowest BCUT2D eigenvalue weighted by Gasteiger charge is -2.07. The summed E-state index contributed by atoms with van der Waals surface area (Å²) in [6, 6.07) is 23.1. The summed E-state index contributed by atoms with van der Waals surface area (Å²) in [6.07, 6.45) is 1.42. The third kappa shape index (κ3) is 2.77. The predicted octanol–water partition coefficient (Wildman–Crippen LogP) is 4.38. The molecule has 0 atom stereocenters. The number of aromatic amines is 1. The van der Waals surface area contributed by atoms with Gasteiger partial charge in [0.15, 0.2) is 0 Å². The van der Waals surface area contributed by atoms with Crippen LogP contribution in [0.4, 0.5) is 0 Å². The first kappa shape index (κ1) is 14.2. The van der Waals surface area contributed by atoms with E-state index in [0.29, 0.717) is 10.9 Å². The topological polar surface area (TPSA) is 55.0 Å². The summed E-state index contributed by atoms with van der Waals surface area (Å²) in [5, 5.41) is 0.583. The van der Waals surface area contributed by atoms with E-state index in [4.69, 9.17) is 4.74 Å². The number of benzene rings is 3. The summed E-state index contributed by atoms with van der Waals surface area (Å²) in [4.78, 5) is 18.7. The second-order valence-electron chi connectivity index (χ2n) is 5.40. The first-order valence-electron chi connectivity index (χ1n) is 7.60. The van der Waals surface area contributed by atoms with Gasteiger partial charge in [-0.05, 0) is 47.5 Å². The van der Waals surface area contributed by atoms with Crippen LogP contribution >= 0.6 is 0 Å². The third-order valence-corrected chi connectivity index (χ3v) is 3.81. The van der Waals surface area contributed by atoms with Crippen LogP contribution in [0.5, 0.6) is 11.5 Å². The second kappa shape index (κ2) is 6.01. The van der Waals surface area contributed by atoms with Crippen LogP contribution in [0.3, 0.4) is 0 Å². The van der Waals surface area contributed by atoms with Gasteiger partial charge >= 0.3 is 0 Å². The number of hydrogen-bond donors (Lipinski definition) is 1. The first-order valence-corrected chi connectivity index (χ1v) is 7.60. The molecule has 0 spiro atoms. The van der Waals surface area contributed by atoms with Crippen molar-refractivity contribution in [3.05, 3.63) is 89.5 Å². The van der Waals surface area contributed by atoms with Crippen molar-refractivity contribution in [3.63, 3.8) is 0 Å². The Balaban J connectivity index is 1.65. The maximum atomic E-state index is 11.9. The molecule has 0 unspecified atom stereocenters. The van der Waals surface area contributed by atoms with Crippen molar-refractivity contribution in [3.8, 4) is 22.6 Å². The number of nitrogens with zero attached hydrogens (tertiary/aromatic N) is 1. The highest BCUT2D eigenvalue weighted by atomic mass is 16.5. The van der Waals surface area contributed by atoms with Crippen molar-refractivity contribution in [2.24, 2.45) is 0 Å². The van der Waals surface area contributed by atoms with Crippen LogP contribution in [0.2, 0.25) is 0 Å². The number of fused-ring (bicyclic) bond motifs is 1. The molecule has 3 aromatic carbocycles. The Bertz CT molecular complexity index is 1040. The maximum Gasteiger partial charge on any atom is 0.258 e. The number of aromatic nitrogens is 2. The Hall–Kier alpha value is -3.40. The summed E-state index contributed by atoms with van der Waals surface area (Å²) >= 11 is 0. The molecule has 0 aliphatic carbocycles. The highest BCUT2D eigenvalue weighted by molar-refractivity contribution is 5.83. The molecular weight excluding hydrogens is 300 g/mol. The molecule has 24 heavy (non-hydrogen) atoms. The van der Waals surface area contributed by atoms with Gasteiger partial charge in [-0.3, -0.25) is 4.79 Å². The molecule has 1 heterocycles. The molecule has 1 aromatic heterocycles. The average molecular weight is 314 g/mol. The monoisotopic (exact) mass is 314 g/mol. The maximum absolute atomic E-state index is 11.9. The van der Waals surface area contributed by atoms with Crippen LogP contribution in [-0.4, -0.2) is 9.97 Å². The van der Waals surface area contributed by atoms with Gasteiger partial charge in [0.25, 0.3) is 5.56 Å². The lowest BCUT2D eigenvalue weighted by atomic mass is 10.0. The summed E-state index contributed by atoms with van der Waals surface area (Å²) in [7, 11) is 0. The van der Waals surface area contributed by atoms with Crippen molar-refractivity contribution >= 4 is 10.9 Å². The predicted molar refractivity (Wildman–Crippen MR) is 94.3 cm³/mol. The molecular formula is C20H14N2O2. The van der Waals surface area contributed by atoms with E-state index in [0.717, 1.165) is 22.6 Å². The minimum absolute atomic E-state index is 0.133. The largest absolute Gasteiger partial charge is 0.457 e. The van der Waals surface area contributed by atoms with Gasteiger partial charge in [0.1, 0.15) is 11.5 Å². The van der Waals surface area contributed by atoms with Gasteiger partial charge in [-0.25, -0.2) is 4.98 Å². The molecule has 4 heteroatoms. The fourth-order valence-corrected chi connectivity index (χ4v) is 2.59. The normalized spacial score (nSPS) is 10.7. The van der Waals surface area contributed by atoms with E-state index in [1.165, 1.54) is 6.33 Å². The highest BCUT2D eigenvalue weighted by Gasteiger charge is 2.04. The third-order valence-electron chi connectivity index (χ3n) is 3.81. The zero-order chi connectivity index (χ0) is 16.4. The molecule has 0 amide bonds. The Labute approximate surface area is 138 Å². The van der Waals surface area contributed by atoms with Crippen LogP contribution in [0, 0.1) is 0 Å². The SMILES string of the molecule is O=c1[nH]cnc2ccc(-c3ccc(Oc4ccccc4)cc3)cc12. The zero-order valence-electron chi connectivity index (χ0n) is 12.8. The van der Waals surface area contributed by atoms with E-state index >= 15 is 0 Å². The van der Waals surface area contributed by atoms with Crippen molar-refractivity contribution in [1.29, 1.82) is 0 Å². The Morgan fingerprint density at radius 2 is 1.50 bits per heavy atom. The standard InChI is InChI=1S/C20H14N2O2/c23-20-18-12-15(8-11-19(18)21-13-22-20)14-6-9-17(10-7-14)24-16-4-2-1-3-5-16/h1-13H,(H,21,22,23). The van der Waals surface area contributed by atoms with Crippen LogP contribution in [-0.2, 0) is 0 Å². The molecule has 0 saturated carbocycles. The van der Waals surface area contributed by atoms with Gasteiger partial charge in [0.05, 0.1) is 17.2 Å². The molecule has 0 saturated heterocycles. The molecule has 4 rings (SSSR count). The van der Waals surface area contributed by atoms with Gasteiger partial charge in [-0.15, -0.1) is 0 Å². The highest BCUT2D eigenvalue weighted by Crippen LogP contribution is 2.26. The van der Waals surface area contributed by atoms with Gasteiger partial charge in [-0.2, -0.15) is 0 Å². The molecule has 0 aliphatic heterocycles. The van der Waals surface area contributed by atoms with Gasteiger partial charge < -0.3 is 9.72 Å². The van der Waals surface area contributed by atoms with Crippen molar-refractivity contribution in [2.45, 2.75) is 0 Å². The summed E-state index contributed by atoms with van der Waals surface area (Å²) in [5.41, 5.74) is 2.53. The van der Waals surface area contributed by atoms with Crippen LogP contribution < -0.4 is 10.3 Å². The fraction of sp³-hybridized carbons (Fsp3) is 0. The van der Waals surface area contributed by atoms with Gasteiger partial charge in [0.2, 0.25) is 0 Å². The number of para-hydroxylation sites is 1. The van der Waals surface area contributed by atoms with Crippen LogP contribution in [0.1, 0.15) is 0 Å². The Morgan fingerprint density at radius 3 is 2.29 bits per heavy atom. The molecule has 4 aromatic rings. The summed E-state index contributed by atoms with van der Waals surface area (Å²) in [6.45, 7) is 0. The van der Waals surface area contributed by atoms with Gasteiger partial charge in [0, 0.05) is 0 Å². The number of ether oxygens (including phenoxy) is 1. The quantitative estimate of drug-likeness (QED) is 0.610. The minimum atomic E-state index is -0.133. The average Bonchev–Trinajstić information content (AvgIpc) is 2.63. The Morgan fingerprint density at radius 1 is 0.792 bits per heavy atom. The smallest absolute Gasteiger partial charge is 0.258 e. The van der Waals surface area contributed by atoms with Crippen LogP contribution in [0.15, 0.2) is 83.9 Å². The fourth-order valence-electron chi connectivity index (χ4n) is 2.59. The number of H-pyrrole nitrogens is 1. The summed E-state index contributed by atoms with van der Waals surface area (Å²) < 4.78 is 5.79. The van der Waals surface area contributed by atoms with E-state index in [2.05, 4.69) is 9.97 Å². The van der Waals surface area contributed by atoms with Crippen molar-refractivity contribution in [1.82, 2.24) is 9.97 Å². The van der Waals surface area contributed by atoms with Crippen molar-refractivity contribution in [2.75, 3.05) is 0 Å². The molecule has 0 fully saturated rings. The van der Waals surface area contributed by atoms with E-state index in [1.54, 1.807) is 0 Å². The molecule has 1 N–H and O–H groups in total. The van der Waals surface area contributed by atoms with Crippen molar-refractivity contribution < 1.29 is 4.74 Å². The Kier molecular flexibility index (Phi) is 3.56. The van der Waals surface area contributed by atoms with E-state index in [9.17, 15) is 4.79 Å². The van der Waals surface area contributed by atoms with E-state index < -0.39 is 0 Å². The van der Waals surface area contributed by atoms with E-state index in [1.807, 2.05) is 72.8 Å². The number of rotatable bonds is 3. The zero-order valence-corrected chi connectivity index (χ0v) is 12.8. The number of hydrogen-bond acceptors (Lipinski definition) is 3. The molecule has 0 bridgehead atoms. The van der Waals surface area contributed by atoms with Gasteiger partial charge in [-0.1, -0.05) is 36.4 Å². The molecule has 0 aliphatic rings. The van der Waals surface area contributed by atoms with E-state index in [-0.39, 0.29) is 5.56 Å². The second-order valence-corrected chi connectivity index (χ2v) is 5.40. The number of nitrogens with one attached hydrogen (secondary N) is 1.